The first-order valence-electron chi connectivity index (χ1n) is 13.0. The van der Waals surface area contributed by atoms with Crippen molar-refractivity contribution in [2.24, 2.45) is 14.1 Å². The Labute approximate surface area is 229 Å². The van der Waals surface area contributed by atoms with E-state index in [1.165, 1.54) is 85.0 Å². The van der Waals surface area contributed by atoms with Gasteiger partial charge >= 0.3 is 0 Å². The second kappa shape index (κ2) is 7.83. The Bertz CT molecular complexity index is 2070. The van der Waals surface area contributed by atoms with Crippen molar-refractivity contribution in [1.82, 2.24) is 9.13 Å². The molecular weight excluding hydrogens is 501 g/mol. The summed E-state index contributed by atoms with van der Waals surface area (Å²) in [5, 5.41) is 10.6. The molecule has 0 bridgehead atoms. The predicted molar refractivity (Wildman–Crippen MR) is 168 cm³/mol. The minimum absolute atomic E-state index is 1.28. The fourth-order valence-corrected chi connectivity index (χ4v) is 8.13. The fraction of sp³-hybridized carbons (Fsp3) is 0.118. The van der Waals surface area contributed by atoms with E-state index in [9.17, 15) is 0 Å². The maximum Gasteiger partial charge on any atom is 0.0590 e. The molecule has 0 aliphatic carbocycles. The van der Waals surface area contributed by atoms with Gasteiger partial charge in [0, 0.05) is 45.7 Å². The Morgan fingerprint density at radius 1 is 0.421 bits per heavy atom. The van der Waals surface area contributed by atoms with Crippen LogP contribution in [0.2, 0.25) is 0 Å². The number of hydrogen-bond acceptors (Lipinski definition) is 2. The van der Waals surface area contributed by atoms with E-state index in [-0.39, 0.29) is 0 Å². The first kappa shape index (κ1) is 22.2. The molecule has 4 aromatic heterocycles. The molecule has 0 aliphatic rings. The molecule has 0 amide bonds. The third-order valence-electron chi connectivity index (χ3n) is 8.23. The lowest BCUT2D eigenvalue weighted by atomic mass is 9.94. The van der Waals surface area contributed by atoms with E-state index >= 15 is 0 Å². The van der Waals surface area contributed by atoms with Gasteiger partial charge in [0.2, 0.25) is 0 Å². The number of hydrogen-bond donors (Lipinski definition) is 0. The quantitative estimate of drug-likeness (QED) is 0.198. The zero-order chi connectivity index (χ0) is 25.7. The topological polar surface area (TPSA) is 9.86 Å². The van der Waals surface area contributed by atoms with Crippen LogP contribution in [0, 0.1) is 13.8 Å². The summed E-state index contributed by atoms with van der Waals surface area (Å²) in [7, 11) is 4.37. The van der Waals surface area contributed by atoms with E-state index in [1.54, 1.807) is 0 Å². The molecule has 4 aromatic carbocycles. The predicted octanol–water partition coefficient (Wildman–Crippen LogP) is 10.2. The number of aryl methyl sites for hydroxylation is 4. The van der Waals surface area contributed by atoms with Crippen LogP contribution < -0.4 is 0 Å². The van der Waals surface area contributed by atoms with Crippen LogP contribution in [0.1, 0.15) is 9.75 Å². The molecule has 0 aliphatic heterocycles. The fourth-order valence-electron chi connectivity index (χ4n) is 6.29. The highest BCUT2D eigenvalue weighted by Gasteiger charge is 2.16. The monoisotopic (exact) mass is 526 g/mol. The summed E-state index contributed by atoms with van der Waals surface area (Å²) in [6, 6.07) is 32.2. The number of nitrogens with zero attached hydrogens (tertiary/aromatic N) is 2. The highest BCUT2D eigenvalue weighted by atomic mass is 32.1. The summed E-state index contributed by atoms with van der Waals surface area (Å²) in [4.78, 5) is 5.34. The summed E-state index contributed by atoms with van der Waals surface area (Å²) in [6.07, 6.45) is 0. The van der Waals surface area contributed by atoms with Gasteiger partial charge in [-0.2, -0.15) is 0 Å². The van der Waals surface area contributed by atoms with Gasteiger partial charge in [-0.15, -0.1) is 22.7 Å². The molecule has 8 aromatic rings. The average Bonchev–Trinajstić information content (AvgIpc) is 3.70. The maximum absolute atomic E-state index is 2.37. The lowest BCUT2D eigenvalue weighted by molar-refractivity contribution is 0.982. The minimum Gasteiger partial charge on any atom is -0.343 e. The standard InChI is InChI=1S/C34H26N2S2/c1-19-5-15-33(37-19)31-17-27-25-9-7-22-21(23(25)11-13-29(27)35(31)3)8-10-26-24(22)12-14-30-28(26)18-32(36(30)4)34-16-6-20(2)38-34/h5-18H,1-4H3. The minimum atomic E-state index is 1.28. The lowest BCUT2D eigenvalue weighted by Crippen LogP contribution is -1.90. The van der Waals surface area contributed by atoms with E-state index in [2.05, 4.69) is 122 Å². The van der Waals surface area contributed by atoms with Crippen LogP contribution in [0.4, 0.5) is 0 Å². The molecule has 0 saturated carbocycles. The Hall–Kier alpha value is -3.86. The van der Waals surface area contributed by atoms with Crippen molar-refractivity contribution in [2.75, 3.05) is 0 Å². The molecule has 4 heteroatoms. The normalized spacial score (nSPS) is 12.2. The Balaban J connectivity index is 1.38. The number of aromatic nitrogens is 2. The van der Waals surface area contributed by atoms with Crippen molar-refractivity contribution < 1.29 is 0 Å². The molecule has 184 valence electrons. The van der Waals surface area contributed by atoms with E-state index in [0.717, 1.165) is 0 Å². The lowest BCUT2D eigenvalue weighted by Gasteiger charge is -2.10. The number of rotatable bonds is 2. The van der Waals surface area contributed by atoms with Crippen LogP contribution in [0.3, 0.4) is 0 Å². The van der Waals surface area contributed by atoms with Gasteiger partial charge in [-0.1, -0.05) is 36.4 Å². The van der Waals surface area contributed by atoms with E-state index < -0.39 is 0 Å². The molecule has 0 atom stereocenters. The van der Waals surface area contributed by atoms with Crippen molar-refractivity contribution in [1.29, 1.82) is 0 Å². The first-order valence-corrected chi connectivity index (χ1v) is 14.6. The van der Waals surface area contributed by atoms with Crippen LogP contribution in [-0.2, 0) is 14.1 Å². The van der Waals surface area contributed by atoms with Crippen molar-refractivity contribution >= 4 is 76.8 Å². The van der Waals surface area contributed by atoms with Crippen LogP contribution in [0.15, 0.2) is 84.9 Å². The molecule has 0 unspecified atom stereocenters. The van der Waals surface area contributed by atoms with Gasteiger partial charge in [0.05, 0.1) is 21.1 Å². The smallest absolute Gasteiger partial charge is 0.0590 e. The molecule has 2 nitrogen and oxygen atoms in total. The summed E-state index contributed by atoms with van der Waals surface area (Å²) in [5.41, 5.74) is 5.13. The zero-order valence-electron chi connectivity index (χ0n) is 21.8. The van der Waals surface area contributed by atoms with Crippen LogP contribution >= 0.6 is 22.7 Å². The molecule has 4 heterocycles. The number of thiophene rings is 2. The van der Waals surface area contributed by atoms with Gasteiger partial charge in [0.1, 0.15) is 0 Å². The summed E-state index contributed by atoms with van der Waals surface area (Å²) < 4.78 is 4.67. The van der Waals surface area contributed by atoms with Crippen LogP contribution in [0.25, 0.3) is 75.3 Å². The van der Waals surface area contributed by atoms with Gasteiger partial charge in [-0.05, 0) is 94.7 Å². The Morgan fingerprint density at radius 2 is 0.763 bits per heavy atom. The van der Waals surface area contributed by atoms with Gasteiger partial charge in [-0.3, -0.25) is 0 Å². The largest absolute Gasteiger partial charge is 0.343 e. The third-order valence-corrected chi connectivity index (χ3v) is 10.3. The molecule has 0 N–H and O–H groups in total. The third kappa shape index (κ3) is 2.99. The maximum atomic E-state index is 2.37. The van der Waals surface area contributed by atoms with Crippen molar-refractivity contribution in [3.8, 4) is 21.1 Å². The second-order valence-corrected chi connectivity index (χ2v) is 13.0. The highest BCUT2D eigenvalue weighted by molar-refractivity contribution is 7.15. The molecule has 0 saturated heterocycles. The molecule has 0 fully saturated rings. The molecule has 0 radical (unpaired) electrons. The SMILES string of the molecule is Cc1ccc(-c2cc3c4ccc5c(ccc6c5ccc5c6cc(-c6ccc(C)s6)n5C)c4ccc3n2C)s1. The second-order valence-electron chi connectivity index (χ2n) is 10.4. The van der Waals surface area contributed by atoms with Gasteiger partial charge in [0.15, 0.2) is 0 Å². The number of fused-ring (bicyclic) bond motifs is 9. The van der Waals surface area contributed by atoms with E-state index in [1.807, 2.05) is 22.7 Å². The van der Waals surface area contributed by atoms with Gasteiger partial charge < -0.3 is 9.13 Å². The van der Waals surface area contributed by atoms with Crippen LogP contribution in [0.5, 0.6) is 0 Å². The summed E-state index contributed by atoms with van der Waals surface area (Å²) >= 11 is 3.72. The summed E-state index contributed by atoms with van der Waals surface area (Å²) in [6.45, 7) is 4.35. The first-order chi connectivity index (χ1) is 18.5. The summed E-state index contributed by atoms with van der Waals surface area (Å²) in [5.74, 6) is 0. The highest BCUT2D eigenvalue weighted by Crippen LogP contribution is 2.41. The van der Waals surface area contributed by atoms with Crippen molar-refractivity contribution in [3.05, 3.63) is 94.7 Å². The van der Waals surface area contributed by atoms with E-state index in [4.69, 9.17) is 0 Å². The van der Waals surface area contributed by atoms with Crippen molar-refractivity contribution in [3.63, 3.8) is 0 Å². The Kier molecular flexibility index (Phi) is 4.56. The molecular formula is C34H26N2S2. The molecule has 8 rings (SSSR count). The van der Waals surface area contributed by atoms with Crippen molar-refractivity contribution in [2.45, 2.75) is 13.8 Å². The van der Waals surface area contributed by atoms with E-state index in [0.29, 0.717) is 0 Å². The van der Waals surface area contributed by atoms with Gasteiger partial charge in [0.25, 0.3) is 0 Å². The van der Waals surface area contributed by atoms with Gasteiger partial charge in [-0.25, -0.2) is 0 Å². The van der Waals surface area contributed by atoms with Crippen LogP contribution in [-0.4, -0.2) is 9.13 Å². The number of benzene rings is 4. The molecule has 0 spiro atoms. The molecule has 38 heavy (non-hydrogen) atoms. The average molecular weight is 527 g/mol. The zero-order valence-corrected chi connectivity index (χ0v) is 23.4. The Morgan fingerprint density at radius 3 is 1.11 bits per heavy atom.